The summed E-state index contributed by atoms with van der Waals surface area (Å²) in [6, 6.07) is 10.0. The number of hydrogen-bond donors (Lipinski definition) is 1. The van der Waals surface area contributed by atoms with E-state index >= 15 is 0 Å². The number of hydrogen-bond acceptors (Lipinski definition) is 1. The molecule has 2 nitrogen and oxygen atoms in total. The van der Waals surface area contributed by atoms with Crippen LogP contribution in [0.1, 0.15) is 39.2 Å². The summed E-state index contributed by atoms with van der Waals surface area (Å²) in [6.45, 7) is 9.78. The van der Waals surface area contributed by atoms with Gasteiger partial charge in [0.2, 0.25) is 5.91 Å². The summed E-state index contributed by atoms with van der Waals surface area (Å²) in [5.41, 5.74) is 4.47. The molecule has 0 saturated carbocycles. The van der Waals surface area contributed by atoms with Gasteiger partial charge in [0, 0.05) is 18.1 Å². The third kappa shape index (κ3) is 4.11. The standard InChI is InChI=1S/C20H23NO/c1-14(2)19-12-18(11-10-17-8-6-5-7-9-17)15(3)20(13-19)21-16(4)22/h5-9,19-20H,1,12-13H2,2-4H3,(H,21,22). The van der Waals surface area contributed by atoms with E-state index in [1.807, 2.05) is 30.3 Å². The van der Waals surface area contributed by atoms with Crippen molar-refractivity contribution in [2.24, 2.45) is 5.92 Å². The summed E-state index contributed by atoms with van der Waals surface area (Å²) in [4.78, 5) is 11.4. The monoisotopic (exact) mass is 293 g/mol. The van der Waals surface area contributed by atoms with Gasteiger partial charge in [-0.25, -0.2) is 0 Å². The molecular formula is C20H23NO. The van der Waals surface area contributed by atoms with Gasteiger partial charge >= 0.3 is 0 Å². The van der Waals surface area contributed by atoms with Crippen LogP contribution in [-0.2, 0) is 4.79 Å². The predicted octanol–water partition coefficient (Wildman–Crippen LogP) is 3.85. The van der Waals surface area contributed by atoms with Gasteiger partial charge in [-0.15, -0.1) is 0 Å². The Morgan fingerprint density at radius 1 is 1.23 bits per heavy atom. The quantitative estimate of drug-likeness (QED) is 0.651. The molecule has 2 atom stereocenters. The Labute approximate surface area is 133 Å². The summed E-state index contributed by atoms with van der Waals surface area (Å²) in [6.07, 6.45) is 1.83. The van der Waals surface area contributed by atoms with Crippen LogP contribution in [0.5, 0.6) is 0 Å². The molecule has 114 valence electrons. The van der Waals surface area contributed by atoms with Crippen molar-refractivity contribution < 1.29 is 4.79 Å². The average Bonchev–Trinajstić information content (AvgIpc) is 2.48. The normalized spacial score (nSPS) is 20.9. The second-order valence-electron chi connectivity index (χ2n) is 6.01. The lowest BCUT2D eigenvalue weighted by Gasteiger charge is -2.31. The number of carbonyl (C=O) groups excluding carboxylic acids is 1. The van der Waals surface area contributed by atoms with Crippen LogP contribution in [0, 0.1) is 17.8 Å². The van der Waals surface area contributed by atoms with E-state index in [9.17, 15) is 4.79 Å². The molecule has 1 aliphatic carbocycles. The van der Waals surface area contributed by atoms with Crippen LogP contribution in [0.15, 0.2) is 53.6 Å². The molecule has 1 amide bonds. The fraction of sp³-hybridized carbons (Fsp3) is 0.350. The van der Waals surface area contributed by atoms with Crippen molar-refractivity contribution in [3.63, 3.8) is 0 Å². The SMILES string of the molecule is C=C(C)C1CC(C#Cc2ccccc2)=C(C)C(NC(C)=O)C1. The maximum atomic E-state index is 11.4. The van der Waals surface area contributed by atoms with Gasteiger partial charge in [0.05, 0.1) is 6.04 Å². The number of nitrogens with one attached hydrogen (secondary N) is 1. The first-order valence-electron chi connectivity index (χ1n) is 7.66. The third-order valence-corrected chi connectivity index (χ3v) is 4.18. The molecule has 1 N–H and O–H groups in total. The molecule has 1 aromatic carbocycles. The molecular weight excluding hydrogens is 270 g/mol. The Hall–Kier alpha value is -2.27. The van der Waals surface area contributed by atoms with Crippen LogP contribution < -0.4 is 5.32 Å². The van der Waals surface area contributed by atoms with Crippen molar-refractivity contribution >= 4 is 5.91 Å². The van der Waals surface area contributed by atoms with Crippen LogP contribution in [0.2, 0.25) is 0 Å². The van der Waals surface area contributed by atoms with Gasteiger partial charge < -0.3 is 5.32 Å². The second-order valence-corrected chi connectivity index (χ2v) is 6.01. The van der Waals surface area contributed by atoms with Gasteiger partial charge in [0.25, 0.3) is 0 Å². The Morgan fingerprint density at radius 3 is 2.50 bits per heavy atom. The predicted molar refractivity (Wildman–Crippen MR) is 91.2 cm³/mol. The van der Waals surface area contributed by atoms with Gasteiger partial charge in [-0.05, 0) is 50.3 Å². The molecule has 0 aromatic heterocycles. The smallest absolute Gasteiger partial charge is 0.217 e. The van der Waals surface area contributed by atoms with E-state index in [4.69, 9.17) is 0 Å². The first-order chi connectivity index (χ1) is 10.5. The number of carbonyl (C=O) groups is 1. The van der Waals surface area contributed by atoms with Crippen molar-refractivity contribution in [1.29, 1.82) is 0 Å². The molecule has 0 spiro atoms. The minimum atomic E-state index is 0.00193. The highest BCUT2D eigenvalue weighted by molar-refractivity contribution is 5.73. The van der Waals surface area contributed by atoms with Crippen LogP contribution in [0.3, 0.4) is 0 Å². The van der Waals surface area contributed by atoms with Crippen molar-refractivity contribution in [3.05, 3.63) is 59.2 Å². The highest BCUT2D eigenvalue weighted by Gasteiger charge is 2.27. The largest absolute Gasteiger partial charge is 0.350 e. The summed E-state index contributed by atoms with van der Waals surface area (Å²) >= 11 is 0. The minimum Gasteiger partial charge on any atom is -0.350 e. The maximum Gasteiger partial charge on any atom is 0.217 e. The molecule has 0 radical (unpaired) electrons. The Kier molecular flexibility index (Phi) is 5.22. The second kappa shape index (κ2) is 7.13. The van der Waals surface area contributed by atoms with Gasteiger partial charge in [-0.2, -0.15) is 0 Å². The summed E-state index contributed by atoms with van der Waals surface area (Å²) in [7, 11) is 0. The van der Waals surface area contributed by atoms with E-state index in [0.29, 0.717) is 5.92 Å². The van der Waals surface area contributed by atoms with E-state index in [-0.39, 0.29) is 11.9 Å². The molecule has 2 unspecified atom stereocenters. The van der Waals surface area contributed by atoms with Crippen LogP contribution in [0.25, 0.3) is 0 Å². The molecule has 1 aromatic rings. The lowest BCUT2D eigenvalue weighted by molar-refractivity contribution is -0.119. The maximum absolute atomic E-state index is 11.4. The molecule has 2 heteroatoms. The number of amides is 1. The van der Waals surface area contributed by atoms with Crippen LogP contribution in [-0.4, -0.2) is 11.9 Å². The topological polar surface area (TPSA) is 29.1 Å². The molecule has 0 saturated heterocycles. The third-order valence-electron chi connectivity index (χ3n) is 4.18. The van der Waals surface area contributed by atoms with E-state index in [1.54, 1.807) is 6.92 Å². The van der Waals surface area contributed by atoms with Crippen LogP contribution in [0.4, 0.5) is 0 Å². The van der Waals surface area contributed by atoms with Crippen molar-refractivity contribution in [3.8, 4) is 11.8 Å². The van der Waals surface area contributed by atoms with Gasteiger partial charge in [-0.1, -0.05) is 42.2 Å². The molecule has 0 bridgehead atoms. The summed E-state index contributed by atoms with van der Waals surface area (Å²) < 4.78 is 0. The van der Waals surface area contributed by atoms with E-state index < -0.39 is 0 Å². The minimum absolute atomic E-state index is 0.00193. The molecule has 22 heavy (non-hydrogen) atoms. The van der Waals surface area contributed by atoms with Gasteiger partial charge in [0.1, 0.15) is 0 Å². The number of rotatable bonds is 2. The Bertz CT molecular complexity index is 658. The Balaban J connectivity index is 2.31. The Morgan fingerprint density at radius 2 is 1.91 bits per heavy atom. The summed E-state index contributed by atoms with van der Waals surface area (Å²) in [5.74, 6) is 6.92. The lowest BCUT2D eigenvalue weighted by Crippen LogP contribution is -2.38. The molecule has 2 rings (SSSR count). The van der Waals surface area contributed by atoms with Crippen molar-refractivity contribution in [1.82, 2.24) is 5.32 Å². The van der Waals surface area contributed by atoms with E-state index in [2.05, 4.69) is 37.6 Å². The van der Waals surface area contributed by atoms with Crippen molar-refractivity contribution in [2.45, 2.75) is 39.7 Å². The molecule has 0 fully saturated rings. The van der Waals surface area contributed by atoms with E-state index in [1.165, 1.54) is 5.57 Å². The number of allylic oxidation sites excluding steroid dienone is 2. The highest BCUT2D eigenvalue weighted by atomic mass is 16.1. The van der Waals surface area contributed by atoms with E-state index in [0.717, 1.165) is 29.6 Å². The lowest BCUT2D eigenvalue weighted by atomic mass is 9.78. The molecule has 1 aliphatic rings. The summed E-state index contributed by atoms with van der Waals surface area (Å²) in [5, 5.41) is 3.04. The van der Waals surface area contributed by atoms with Crippen molar-refractivity contribution in [2.75, 3.05) is 0 Å². The van der Waals surface area contributed by atoms with Gasteiger partial charge in [-0.3, -0.25) is 4.79 Å². The first-order valence-corrected chi connectivity index (χ1v) is 7.66. The zero-order chi connectivity index (χ0) is 16.1. The molecule has 0 heterocycles. The fourth-order valence-corrected chi connectivity index (χ4v) is 2.77. The van der Waals surface area contributed by atoms with Gasteiger partial charge in [0.15, 0.2) is 0 Å². The average molecular weight is 293 g/mol. The molecule has 0 aliphatic heterocycles. The zero-order valence-electron chi connectivity index (χ0n) is 13.6. The van der Waals surface area contributed by atoms with Crippen LogP contribution >= 0.6 is 0 Å². The fourth-order valence-electron chi connectivity index (χ4n) is 2.77. The first kappa shape index (κ1) is 16.1. The highest BCUT2D eigenvalue weighted by Crippen LogP contribution is 2.33. The number of benzene rings is 1. The zero-order valence-corrected chi connectivity index (χ0v) is 13.6.